The van der Waals surface area contributed by atoms with E-state index in [0.717, 1.165) is 42.9 Å². The van der Waals surface area contributed by atoms with Crippen LogP contribution in [0.3, 0.4) is 0 Å². The zero-order chi connectivity index (χ0) is 15.2. The van der Waals surface area contributed by atoms with Crippen molar-refractivity contribution in [2.45, 2.75) is 25.7 Å². The Balaban J connectivity index is 1.50. The molecule has 0 atom stereocenters. The molecule has 6 nitrogen and oxygen atoms in total. The second-order valence-electron chi connectivity index (χ2n) is 5.43. The van der Waals surface area contributed by atoms with E-state index in [1.54, 1.807) is 12.4 Å². The normalized spacial score (nSPS) is 15.6. The minimum absolute atomic E-state index is 0.0240. The van der Waals surface area contributed by atoms with Gasteiger partial charge in [0.05, 0.1) is 0 Å². The summed E-state index contributed by atoms with van der Waals surface area (Å²) in [6, 6.07) is 3.76. The van der Waals surface area contributed by atoms with Crippen LogP contribution in [0.15, 0.2) is 24.5 Å². The van der Waals surface area contributed by atoms with Gasteiger partial charge in [-0.15, -0.1) is 10.2 Å². The Hall–Kier alpha value is -1.86. The zero-order valence-electron chi connectivity index (χ0n) is 12.3. The molecular formula is C15H19N5OS. The molecular weight excluding hydrogens is 298 g/mol. The van der Waals surface area contributed by atoms with Gasteiger partial charge in [-0.05, 0) is 50.4 Å². The van der Waals surface area contributed by atoms with Gasteiger partial charge in [0, 0.05) is 24.4 Å². The third-order valence-corrected chi connectivity index (χ3v) is 4.72. The van der Waals surface area contributed by atoms with Crippen molar-refractivity contribution in [2.75, 3.05) is 18.4 Å². The van der Waals surface area contributed by atoms with Gasteiger partial charge in [-0.3, -0.25) is 9.78 Å². The van der Waals surface area contributed by atoms with Crippen LogP contribution in [0, 0.1) is 5.92 Å². The van der Waals surface area contributed by atoms with Gasteiger partial charge in [0.25, 0.3) is 0 Å². The van der Waals surface area contributed by atoms with Gasteiger partial charge >= 0.3 is 0 Å². The minimum atomic E-state index is 0.0240. The van der Waals surface area contributed by atoms with Crippen LogP contribution in [0.5, 0.6) is 0 Å². The van der Waals surface area contributed by atoms with Crippen LogP contribution in [-0.4, -0.2) is 34.2 Å². The number of anilines is 1. The topological polar surface area (TPSA) is 79.8 Å². The highest BCUT2D eigenvalue weighted by Gasteiger charge is 2.15. The molecule has 2 N–H and O–H groups in total. The molecule has 1 aliphatic rings. The lowest BCUT2D eigenvalue weighted by Gasteiger charge is -2.21. The van der Waals surface area contributed by atoms with E-state index in [-0.39, 0.29) is 5.91 Å². The lowest BCUT2D eigenvalue weighted by Crippen LogP contribution is -2.28. The first-order valence-electron chi connectivity index (χ1n) is 7.56. The maximum atomic E-state index is 12.0. The molecule has 0 bridgehead atoms. The second kappa shape index (κ2) is 7.42. The Morgan fingerprint density at radius 1 is 1.27 bits per heavy atom. The summed E-state index contributed by atoms with van der Waals surface area (Å²) in [7, 11) is 0. The number of hydrogen-bond acceptors (Lipinski definition) is 6. The molecule has 22 heavy (non-hydrogen) atoms. The predicted octanol–water partition coefficient (Wildman–Crippen LogP) is 2.32. The van der Waals surface area contributed by atoms with E-state index in [2.05, 4.69) is 25.8 Å². The zero-order valence-corrected chi connectivity index (χ0v) is 13.1. The molecule has 7 heteroatoms. The van der Waals surface area contributed by atoms with E-state index >= 15 is 0 Å². The van der Waals surface area contributed by atoms with Gasteiger partial charge in [0.1, 0.15) is 5.01 Å². The van der Waals surface area contributed by atoms with Crippen molar-refractivity contribution in [1.82, 2.24) is 20.5 Å². The first-order chi connectivity index (χ1) is 10.8. The predicted molar refractivity (Wildman–Crippen MR) is 86.6 cm³/mol. The van der Waals surface area contributed by atoms with Crippen molar-refractivity contribution < 1.29 is 4.79 Å². The highest BCUT2D eigenvalue weighted by Crippen LogP contribution is 2.26. The summed E-state index contributed by atoms with van der Waals surface area (Å²) in [4.78, 5) is 16.0. The van der Waals surface area contributed by atoms with Crippen molar-refractivity contribution in [3.63, 3.8) is 0 Å². The van der Waals surface area contributed by atoms with E-state index in [4.69, 9.17) is 0 Å². The van der Waals surface area contributed by atoms with Crippen LogP contribution in [-0.2, 0) is 4.79 Å². The summed E-state index contributed by atoms with van der Waals surface area (Å²) in [6.07, 6.45) is 7.26. The van der Waals surface area contributed by atoms with Crippen LogP contribution in [0.25, 0.3) is 10.6 Å². The van der Waals surface area contributed by atoms with Gasteiger partial charge in [-0.1, -0.05) is 11.3 Å². The van der Waals surface area contributed by atoms with E-state index < -0.39 is 0 Å². The molecule has 0 aliphatic carbocycles. The number of rotatable bonds is 5. The van der Waals surface area contributed by atoms with Crippen LogP contribution >= 0.6 is 11.3 Å². The SMILES string of the molecule is O=C(CCC1CCNCC1)Nc1nnc(-c2ccncc2)s1. The highest BCUT2D eigenvalue weighted by atomic mass is 32.1. The monoisotopic (exact) mass is 317 g/mol. The number of nitrogens with zero attached hydrogens (tertiary/aromatic N) is 3. The largest absolute Gasteiger partial charge is 0.317 e. The fraction of sp³-hybridized carbons (Fsp3) is 0.467. The molecule has 1 amide bonds. The van der Waals surface area contributed by atoms with E-state index in [0.29, 0.717) is 17.5 Å². The lowest BCUT2D eigenvalue weighted by molar-refractivity contribution is -0.116. The van der Waals surface area contributed by atoms with Gasteiger partial charge < -0.3 is 10.6 Å². The van der Waals surface area contributed by atoms with Crippen LogP contribution < -0.4 is 10.6 Å². The van der Waals surface area contributed by atoms with E-state index in [1.165, 1.54) is 11.3 Å². The number of piperidine rings is 1. The fourth-order valence-corrected chi connectivity index (χ4v) is 3.34. The van der Waals surface area contributed by atoms with Crippen molar-refractivity contribution in [3.05, 3.63) is 24.5 Å². The molecule has 1 saturated heterocycles. The number of pyridine rings is 1. The standard InChI is InChI=1S/C15H19N5OS/c21-13(2-1-11-3-7-16-8-4-11)18-15-20-19-14(22-15)12-5-9-17-10-6-12/h5-6,9-11,16H,1-4,7-8H2,(H,18,20,21). The minimum Gasteiger partial charge on any atom is -0.317 e. The van der Waals surface area contributed by atoms with Crippen molar-refractivity contribution in [3.8, 4) is 10.6 Å². The molecule has 3 heterocycles. The summed E-state index contributed by atoms with van der Waals surface area (Å²) < 4.78 is 0. The van der Waals surface area contributed by atoms with Gasteiger partial charge in [0.15, 0.2) is 0 Å². The third kappa shape index (κ3) is 4.08. The number of carbonyl (C=O) groups is 1. The van der Waals surface area contributed by atoms with Crippen LogP contribution in [0.1, 0.15) is 25.7 Å². The number of aromatic nitrogens is 3. The van der Waals surface area contributed by atoms with Crippen molar-refractivity contribution in [1.29, 1.82) is 0 Å². The first kappa shape index (κ1) is 15.1. The number of carbonyl (C=O) groups excluding carboxylic acids is 1. The molecule has 0 saturated carbocycles. The molecule has 0 radical (unpaired) electrons. The molecule has 0 aromatic carbocycles. The molecule has 0 unspecified atom stereocenters. The molecule has 1 fully saturated rings. The molecule has 2 aromatic heterocycles. The van der Waals surface area contributed by atoms with Gasteiger partial charge in [-0.2, -0.15) is 0 Å². The Morgan fingerprint density at radius 2 is 2.05 bits per heavy atom. The smallest absolute Gasteiger partial charge is 0.226 e. The van der Waals surface area contributed by atoms with E-state index in [1.807, 2.05) is 12.1 Å². The third-order valence-electron chi connectivity index (χ3n) is 3.84. The Labute approximate surface area is 133 Å². The van der Waals surface area contributed by atoms with Crippen molar-refractivity contribution in [2.24, 2.45) is 5.92 Å². The quantitative estimate of drug-likeness (QED) is 0.884. The molecule has 1 aliphatic heterocycles. The summed E-state index contributed by atoms with van der Waals surface area (Å²) in [5.41, 5.74) is 0.961. The summed E-state index contributed by atoms with van der Waals surface area (Å²) in [6.45, 7) is 2.13. The molecule has 116 valence electrons. The number of amides is 1. The first-order valence-corrected chi connectivity index (χ1v) is 8.37. The molecule has 3 rings (SSSR count). The molecule has 0 spiro atoms. The van der Waals surface area contributed by atoms with E-state index in [9.17, 15) is 4.79 Å². The Morgan fingerprint density at radius 3 is 2.82 bits per heavy atom. The maximum Gasteiger partial charge on any atom is 0.226 e. The average molecular weight is 317 g/mol. The lowest BCUT2D eigenvalue weighted by atomic mass is 9.93. The number of hydrogen-bond donors (Lipinski definition) is 2. The second-order valence-corrected chi connectivity index (χ2v) is 6.41. The van der Waals surface area contributed by atoms with Gasteiger partial charge in [0.2, 0.25) is 11.0 Å². The van der Waals surface area contributed by atoms with Crippen molar-refractivity contribution >= 4 is 22.4 Å². The highest BCUT2D eigenvalue weighted by molar-refractivity contribution is 7.18. The van der Waals surface area contributed by atoms with Crippen LogP contribution in [0.2, 0.25) is 0 Å². The van der Waals surface area contributed by atoms with Gasteiger partial charge in [-0.25, -0.2) is 0 Å². The average Bonchev–Trinajstić information content (AvgIpc) is 3.03. The summed E-state index contributed by atoms with van der Waals surface area (Å²) in [5, 5.41) is 15.7. The Kier molecular flexibility index (Phi) is 5.07. The number of nitrogens with one attached hydrogen (secondary N) is 2. The molecule has 2 aromatic rings. The maximum absolute atomic E-state index is 12.0. The summed E-state index contributed by atoms with van der Waals surface area (Å²) in [5.74, 6) is 0.685. The fourth-order valence-electron chi connectivity index (χ4n) is 2.57. The summed E-state index contributed by atoms with van der Waals surface area (Å²) >= 11 is 1.38. The Bertz CT molecular complexity index is 609. The van der Waals surface area contributed by atoms with Crippen LogP contribution in [0.4, 0.5) is 5.13 Å².